The maximum atomic E-state index is 11.5. The molecule has 2 aromatic rings. The van der Waals surface area contributed by atoms with Crippen molar-refractivity contribution in [1.29, 1.82) is 0 Å². The van der Waals surface area contributed by atoms with Crippen LogP contribution in [0.15, 0.2) is 29.1 Å². The largest absolute Gasteiger partial charge is 0.493 e. The molecular weight excluding hydrogens is 238 g/mol. The SMILES string of the molecule is Cc1c(O)nc(-c2cccc([N+](=O)[O-])c2)[nH]c1=O. The van der Waals surface area contributed by atoms with Gasteiger partial charge in [0, 0.05) is 17.7 Å². The van der Waals surface area contributed by atoms with Gasteiger partial charge in [-0.3, -0.25) is 14.9 Å². The number of nitrogens with one attached hydrogen (secondary N) is 1. The topological polar surface area (TPSA) is 109 Å². The van der Waals surface area contributed by atoms with Crippen LogP contribution in [0.1, 0.15) is 5.56 Å². The first kappa shape index (κ1) is 11.8. The first-order valence-corrected chi connectivity index (χ1v) is 5.04. The molecule has 2 rings (SSSR count). The van der Waals surface area contributed by atoms with Crippen molar-refractivity contribution in [2.45, 2.75) is 6.92 Å². The molecule has 92 valence electrons. The number of benzene rings is 1. The zero-order valence-corrected chi connectivity index (χ0v) is 9.38. The van der Waals surface area contributed by atoms with E-state index in [0.29, 0.717) is 5.56 Å². The molecule has 2 N–H and O–H groups in total. The summed E-state index contributed by atoms with van der Waals surface area (Å²) in [5.74, 6) is -0.299. The van der Waals surface area contributed by atoms with E-state index in [1.807, 2.05) is 0 Å². The molecule has 18 heavy (non-hydrogen) atoms. The number of hydrogen-bond acceptors (Lipinski definition) is 5. The molecule has 0 aliphatic heterocycles. The van der Waals surface area contributed by atoms with Crippen molar-refractivity contribution in [3.05, 3.63) is 50.3 Å². The number of nitro groups is 1. The summed E-state index contributed by atoms with van der Waals surface area (Å²) >= 11 is 0. The summed E-state index contributed by atoms with van der Waals surface area (Å²) in [5, 5.41) is 20.1. The van der Waals surface area contributed by atoms with Crippen molar-refractivity contribution in [3.8, 4) is 17.3 Å². The first-order chi connectivity index (χ1) is 8.49. The molecule has 0 aliphatic rings. The summed E-state index contributed by atoms with van der Waals surface area (Å²) in [4.78, 5) is 27.8. The second-order valence-corrected chi connectivity index (χ2v) is 3.67. The highest BCUT2D eigenvalue weighted by Crippen LogP contribution is 2.21. The van der Waals surface area contributed by atoms with E-state index in [9.17, 15) is 20.0 Å². The van der Waals surface area contributed by atoms with E-state index in [1.54, 1.807) is 6.07 Å². The Labute approximate surface area is 101 Å². The number of aromatic nitrogens is 2. The standard InChI is InChI=1S/C11H9N3O4/c1-6-10(15)12-9(13-11(6)16)7-3-2-4-8(5-7)14(17)18/h2-5H,1H3,(H2,12,13,15,16). The van der Waals surface area contributed by atoms with E-state index in [4.69, 9.17) is 0 Å². The molecule has 7 nitrogen and oxygen atoms in total. The third-order valence-electron chi connectivity index (χ3n) is 2.46. The van der Waals surface area contributed by atoms with Gasteiger partial charge < -0.3 is 10.1 Å². The van der Waals surface area contributed by atoms with E-state index in [1.165, 1.54) is 25.1 Å². The molecule has 1 aromatic carbocycles. The third-order valence-corrected chi connectivity index (χ3v) is 2.46. The van der Waals surface area contributed by atoms with Gasteiger partial charge in [-0.2, -0.15) is 4.98 Å². The Balaban J connectivity index is 2.59. The molecule has 0 bridgehead atoms. The number of aromatic amines is 1. The van der Waals surface area contributed by atoms with Crippen LogP contribution in [0.3, 0.4) is 0 Å². The van der Waals surface area contributed by atoms with Gasteiger partial charge in [0.25, 0.3) is 11.2 Å². The number of aromatic hydroxyl groups is 1. The maximum absolute atomic E-state index is 11.5. The Morgan fingerprint density at radius 3 is 2.78 bits per heavy atom. The smallest absolute Gasteiger partial charge is 0.270 e. The molecule has 0 radical (unpaired) electrons. The summed E-state index contributed by atoms with van der Waals surface area (Å²) in [6, 6.07) is 5.63. The van der Waals surface area contributed by atoms with E-state index < -0.39 is 10.5 Å². The summed E-state index contributed by atoms with van der Waals surface area (Å²) in [5.41, 5.74) is -0.139. The highest BCUT2D eigenvalue weighted by molar-refractivity contribution is 5.59. The van der Waals surface area contributed by atoms with Gasteiger partial charge in [-0.15, -0.1) is 0 Å². The van der Waals surface area contributed by atoms with Crippen molar-refractivity contribution < 1.29 is 10.0 Å². The second-order valence-electron chi connectivity index (χ2n) is 3.67. The normalized spacial score (nSPS) is 10.3. The lowest BCUT2D eigenvalue weighted by molar-refractivity contribution is -0.384. The van der Waals surface area contributed by atoms with Gasteiger partial charge in [-0.05, 0) is 6.92 Å². The van der Waals surface area contributed by atoms with Crippen LogP contribution < -0.4 is 5.56 Å². The minimum absolute atomic E-state index is 0.0896. The van der Waals surface area contributed by atoms with Crippen LogP contribution in [0.4, 0.5) is 5.69 Å². The van der Waals surface area contributed by atoms with Gasteiger partial charge in [0.15, 0.2) is 0 Å². The zero-order valence-electron chi connectivity index (χ0n) is 9.38. The summed E-state index contributed by atoms with van der Waals surface area (Å²) in [6.45, 7) is 1.43. The lowest BCUT2D eigenvalue weighted by Crippen LogP contribution is -2.12. The van der Waals surface area contributed by atoms with Crippen molar-refractivity contribution in [3.63, 3.8) is 0 Å². The number of nitro benzene ring substituents is 1. The van der Waals surface area contributed by atoms with Gasteiger partial charge in [0.2, 0.25) is 5.88 Å². The highest BCUT2D eigenvalue weighted by atomic mass is 16.6. The van der Waals surface area contributed by atoms with Crippen LogP contribution in [0.5, 0.6) is 5.88 Å². The molecule has 0 saturated heterocycles. The average Bonchev–Trinajstić information content (AvgIpc) is 2.35. The Bertz CT molecular complexity index is 678. The van der Waals surface area contributed by atoms with Crippen LogP contribution in [0.2, 0.25) is 0 Å². The molecule has 0 spiro atoms. The molecule has 1 aromatic heterocycles. The molecule has 0 fully saturated rings. The number of nitrogens with zero attached hydrogens (tertiary/aromatic N) is 2. The van der Waals surface area contributed by atoms with Crippen molar-refractivity contribution in [2.24, 2.45) is 0 Å². The Morgan fingerprint density at radius 2 is 2.17 bits per heavy atom. The van der Waals surface area contributed by atoms with Gasteiger partial charge >= 0.3 is 0 Å². The highest BCUT2D eigenvalue weighted by Gasteiger charge is 2.11. The van der Waals surface area contributed by atoms with Gasteiger partial charge in [-0.1, -0.05) is 12.1 Å². The van der Waals surface area contributed by atoms with Crippen molar-refractivity contribution >= 4 is 5.69 Å². The number of rotatable bonds is 2. The van der Waals surface area contributed by atoms with Crippen molar-refractivity contribution in [2.75, 3.05) is 0 Å². The van der Waals surface area contributed by atoms with Crippen LogP contribution in [0, 0.1) is 17.0 Å². The molecule has 7 heteroatoms. The Kier molecular flexibility index (Phi) is 2.80. The molecule has 0 unspecified atom stereocenters. The summed E-state index contributed by atoms with van der Waals surface area (Å²) < 4.78 is 0. The van der Waals surface area contributed by atoms with Gasteiger partial charge in [0.1, 0.15) is 5.82 Å². The third kappa shape index (κ3) is 2.05. The van der Waals surface area contributed by atoms with E-state index in [-0.39, 0.29) is 23.0 Å². The van der Waals surface area contributed by atoms with Crippen LogP contribution >= 0.6 is 0 Å². The number of H-pyrrole nitrogens is 1. The predicted octanol–water partition coefficient (Wildman–Crippen LogP) is 1.36. The molecule has 0 atom stereocenters. The minimum Gasteiger partial charge on any atom is -0.493 e. The zero-order chi connectivity index (χ0) is 13.3. The molecule has 0 amide bonds. The number of hydrogen-bond donors (Lipinski definition) is 2. The van der Waals surface area contributed by atoms with Crippen LogP contribution in [-0.4, -0.2) is 20.0 Å². The fraction of sp³-hybridized carbons (Fsp3) is 0.0909. The van der Waals surface area contributed by atoms with E-state index in [0.717, 1.165) is 0 Å². The van der Waals surface area contributed by atoms with Crippen LogP contribution in [0.25, 0.3) is 11.4 Å². The Hall–Kier alpha value is -2.70. The molecule has 1 heterocycles. The lowest BCUT2D eigenvalue weighted by Gasteiger charge is -2.03. The fourth-order valence-corrected chi connectivity index (χ4v) is 1.42. The minimum atomic E-state index is -0.546. The molecular formula is C11H9N3O4. The average molecular weight is 247 g/mol. The fourth-order valence-electron chi connectivity index (χ4n) is 1.42. The van der Waals surface area contributed by atoms with E-state index in [2.05, 4.69) is 9.97 Å². The summed E-state index contributed by atoms with van der Waals surface area (Å²) in [7, 11) is 0. The van der Waals surface area contributed by atoms with Gasteiger partial charge in [0.05, 0.1) is 10.5 Å². The maximum Gasteiger partial charge on any atom is 0.270 e. The first-order valence-electron chi connectivity index (χ1n) is 5.04. The second kappa shape index (κ2) is 4.28. The summed E-state index contributed by atoms with van der Waals surface area (Å²) in [6.07, 6.45) is 0. The van der Waals surface area contributed by atoms with Gasteiger partial charge in [-0.25, -0.2) is 0 Å². The van der Waals surface area contributed by atoms with E-state index >= 15 is 0 Å². The predicted molar refractivity (Wildman–Crippen MR) is 63.3 cm³/mol. The lowest BCUT2D eigenvalue weighted by atomic mass is 10.2. The van der Waals surface area contributed by atoms with Crippen molar-refractivity contribution in [1.82, 2.24) is 9.97 Å². The quantitative estimate of drug-likeness (QED) is 0.615. The number of non-ortho nitro benzene ring substituents is 1. The molecule has 0 aliphatic carbocycles. The van der Waals surface area contributed by atoms with Crippen LogP contribution in [-0.2, 0) is 0 Å². The monoisotopic (exact) mass is 247 g/mol. The molecule has 0 saturated carbocycles. The Morgan fingerprint density at radius 1 is 1.44 bits per heavy atom.